The zero-order valence-corrected chi connectivity index (χ0v) is 22.1. The fraction of sp³-hybridized carbons (Fsp3) is 0.346. The van der Waals surface area contributed by atoms with E-state index in [0.29, 0.717) is 29.1 Å². The molecular weight excluding hydrogens is 496 g/mol. The van der Waals surface area contributed by atoms with Crippen molar-refractivity contribution in [3.05, 3.63) is 65.5 Å². The van der Waals surface area contributed by atoms with Crippen molar-refractivity contribution in [2.24, 2.45) is 4.99 Å². The summed E-state index contributed by atoms with van der Waals surface area (Å²) in [5, 5.41) is 2.76. The number of rotatable bonds is 7. The summed E-state index contributed by atoms with van der Waals surface area (Å²) in [4.78, 5) is 29.4. The minimum Gasteiger partial charge on any atom is -0.326 e. The minimum atomic E-state index is -3.62. The second-order valence-electron chi connectivity index (χ2n) is 8.76. The summed E-state index contributed by atoms with van der Waals surface area (Å²) >= 11 is 1.33. The fourth-order valence-corrected chi connectivity index (χ4v) is 7.34. The number of carbonyl (C=O) groups is 2. The van der Waals surface area contributed by atoms with Crippen molar-refractivity contribution in [1.29, 1.82) is 0 Å². The first-order valence-electron chi connectivity index (χ1n) is 12.0. The summed E-state index contributed by atoms with van der Waals surface area (Å²) in [5.41, 5.74) is 1.84. The number of nitrogens with zero attached hydrogens (tertiary/aromatic N) is 3. The highest BCUT2D eigenvalue weighted by Gasteiger charge is 2.32. The lowest BCUT2D eigenvalue weighted by Crippen LogP contribution is -2.43. The Morgan fingerprint density at radius 2 is 1.94 bits per heavy atom. The third-order valence-electron chi connectivity index (χ3n) is 6.26. The standard InChI is InChI=1S/C26H30N4O4S2/c1-4-15-29-23-14-11-20(27-18(3)31)17-24(23)35-26(29)28-25(32)19-9-12-22(13-10-19)36(33,34)30-16-7-6-8-21(30)5-2/h4,9-14,17,21H,1,5-8,15-16H2,2-3H3,(H,27,31). The molecule has 2 aromatic carbocycles. The van der Waals surface area contributed by atoms with Crippen LogP contribution in [0, 0.1) is 0 Å². The second-order valence-corrected chi connectivity index (χ2v) is 11.7. The number of allylic oxidation sites excluding steroid dienone is 1. The van der Waals surface area contributed by atoms with Gasteiger partial charge in [0.15, 0.2) is 4.80 Å². The van der Waals surface area contributed by atoms with Crippen molar-refractivity contribution in [1.82, 2.24) is 8.87 Å². The molecule has 1 saturated heterocycles. The van der Waals surface area contributed by atoms with Gasteiger partial charge in [-0.15, -0.1) is 6.58 Å². The third-order valence-corrected chi connectivity index (χ3v) is 9.27. The predicted molar refractivity (Wildman–Crippen MR) is 142 cm³/mol. The Morgan fingerprint density at radius 1 is 1.19 bits per heavy atom. The van der Waals surface area contributed by atoms with Crippen LogP contribution in [0.3, 0.4) is 0 Å². The van der Waals surface area contributed by atoms with E-state index in [2.05, 4.69) is 16.9 Å². The van der Waals surface area contributed by atoms with Gasteiger partial charge in [0.05, 0.1) is 15.1 Å². The van der Waals surface area contributed by atoms with Gasteiger partial charge in [-0.1, -0.05) is 30.8 Å². The highest BCUT2D eigenvalue weighted by atomic mass is 32.2. The number of carbonyl (C=O) groups excluding carboxylic acids is 2. The van der Waals surface area contributed by atoms with E-state index in [4.69, 9.17) is 0 Å². The zero-order chi connectivity index (χ0) is 25.9. The van der Waals surface area contributed by atoms with Crippen LogP contribution >= 0.6 is 11.3 Å². The number of aromatic nitrogens is 1. The molecule has 10 heteroatoms. The molecule has 1 aromatic heterocycles. The van der Waals surface area contributed by atoms with E-state index in [1.54, 1.807) is 16.4 Å². The van der Waals surface area contributed by atoms with Crippen molar-refractivity contribution in [3.8, 4) is 0 Å². The Hall–Kier alpha value is -3.08. The van der Waals surface area contributed by atoms with Gasteiger partial charge in [-0.3, -0.25) is 9.59 Å². The van der Waals surface area contributed by atoms with Crippen molar-refractivity contribution in [3.63, 3.8) is 0 Å². The number of amides is 2. The van der Waals surface area contributed by atoms with Gasteiger partial charge in [0.25, 0.3) is 5.91 Å². The number of anilines is 1. The minimum absolute atomic E-state index is 0.0134. The summed E-state index contributed by atoms with van der Waals surface area (Å²) in [6, 6.07) is 11.5. The Bertz CT molecular complexity index is 1470. The van der Waals surface area contributed by atoms with E-state index < -0.39 is 15.9 Å². The summed E-state index contributed by atoms with van der Waals surface area (Å²) < 4.78 is 30.8. The van der Waals surface area contributed by atoms with Crippen LogP contribution in [0.25, 0.3) is 10.2 Å². The Balaban J connectivity index is 1.65. The molecule has 1 fully saturated rings. The molecule has 3 aromatic rings. The molecule has 0 spiro atoms. The molecule has 2 heterocycles. The highest BCUT2D eigenvalue weighted by molar-refractivity contribution is 7.89. The Labute approximate surface area is 215 Å². The first kappa shape index (κ1) is 26.0. The number of hydrogen-bond acceptors (Lipinski definition) is 5. The molecule has 1 aliphatic heterocycles. The molecular formula is C26H30N4O4S2. The van der Waals surface area contributed by atoms with Gasteiger partial charge >= 0.3 is 0 Å². The van der Waals surface area contributed by atoms with E-state index >= 15 is 0 Å². The molecule has 0 bridgehead atoms. The van der Waals surface area contributed by atoms with Crippen LogP contribution in [0.15, 0.2) is 65.0 Å². The molecule has 4 rings (SSSR count). The van der Waals surface area contributed by atoms with Gasteiger partial charge in [-0.25, -0.2) is 8.42 Å². The number of nitrogens with one attached hydrogen (secondary N) is 1. The normalized spacial score (nSPS) is 17.3. The summed E-state index contributed by atoms with van der Waals surface area (Å²) in [5.74, 6) is -0.629. The Kier molecular flexibility index (Phi) is 7.87. The lowest BCUT2D eigenvalue weighted by Gasteiger charge is -2.34. The zero-order valence-electron chi connectivity index (χ0n) is 20.4. The molecule has 1 unspecified atom stereocenters. The Morgan fingerprint density at radius 3 is 2.61 bits per heavy atom. The lowest BCUT2D eigenvalue weighted by atomic mass is 10.0. The van der Waals surface area contributed by atoms with Gasteiger partial charge in [-0.05, 0) is 61.7 Å². The van der Waals surface area contributed by atoms with E-state index in [1.807, 2.05) is 23.6 Å². The molecule has 190 valence electrons. The monoisotopic (exact) mass is 526 g/mol. The molecule has 0 aliphatic carbocycles. The molecule has 1 aliphatic rings. The van der Waals surface area contributed by atoms with Crippen LogP contribution in [0.2, 0.25) is 0 Å². The van der Waals surface area contributed by atoms with Crippen molar-refractivity contribution < 1.29 is 18.0 Å². The van der Waals surface area contributed by atoms with Crippen molar-refractivity contribution >= 4 is 49.1 Å². The van der Waals surface area contributed by atoms with Crippen LogP contribution in [-0.2, 0) is 21.4 Å². The summed E-state index contributed by atoms with van der Waals surface area (Å²) in [7, 11) is -3.62. The summed E-state index contributed by atoms with van der Waals surface area (Å²) in [6.45, 7) is 8.23. The van der Waals surface area contributed by atoms with Gasteiger partial charge in [0.2, 0.25) is 15.9 Å². The number of thiazole rings is 1. The largest absolute Gasteiger partial charge is 0.326 e. The topological polar surface area (TPSA) is 101 Å². The van der Waals surface area contributed by atoms with Gasteiger partial charge in [0, 0.05) is 37.3 Å². The van der Waals surface area contributed by atoms with Gasteiger partial charge < -0.3 is 9.88 Å². The SMILES string of the molecule is C=CCn1c(=NC(=O)c2ccc(S(=O)(=O)N3CCCCC3CC)cc2)sc2cc(NC(C)=O)ccc21. The smallest absolute Gasteiger partial charge is 0.279 e. The quantitative estimate of drug-likeness (QED) is 0.457. The van der Waals surface area contributed by atoms with Crippen LogP contribution < -0.4 is 10.1 Å². The van der Waals surface area contributed by atoms with Gasteiger partial charge in [-0.2, -0.15) is 9.30 Å². The molecule has 0 radical (unpaired) electrons. The van der Waals surface area contributed by atoms with E-state index in [0.717, 1.165) is 35.9 Å². The third kappa shape index (κ3) is 5.35. The first-order valence-corrected chi connectivity index (χ1v) is 14.2. The van der Waals surface area contributed by atoms with Crippen molar-refractivity contribution in [2.45, 2.75) is 57.0 Å². The predicted octanol–water partition coefficient (Wildman–Crippen LogP) is 4.54. The van der Waals surface area contributed by atoms with Crippen molar-refractivity contribution in [2.75, 3.05) is 11.9 Å². The fourth-order valence-electron chi connectivity index (χ4n) is 4.50. The molecule has 36 heavy (non-hydrogen) atoms. The maximum atomic E-state index is 13.2. The second kappa shape index (κ2) is 10.9. The van der Waals surface area contributed by atoms with Gasteiger partial charge in [0.1, 0.15) is 0 Å². The van der Waals surface area contributed by atoms with Crippen LogP contribution in [0.4, 0.5) is 5.69 Å². The number of fused-ring (bicyclic) bond motifs is 1. The first-order chi connectivity index (χ1) is 17.2. The molecule has 2 amide bonds. The highest BCUT2D eigenvalue weighted by Crippen LogP contribution is 2.27. The van der Waals surface area contributed by atoms with Crippen LogP contribution in [-0.4, -0.2) is 41.7 Å². The number of hydrogen-bond donors (Lipinski definition) is 1. The molecule has 1 N–H and O–H groups in total. The maximum Gasteiger partial charge on any atom is 0.279 e. The van der Waals surface area contributed by atoms with Crippen LogP contribution in [0.5, 0.6) is 0 Å². The number of benzene rings is 2. The number of piperidine rings is 1. The lowest BCUT2D eigenvalue weighted by molar-refractivity contribution is -0.114. The molecule has 1 atom stereocenters. The van der Waals surface area contributed by atoms with E-state index in [9.17, 15) is 18.0 Å². The maximum absolute atomic E-state index is 13.2. The molecule has 8 nitrogen and oxygen atoms in total. The average Bonchev–Trinajstić information content (AvgIpc) is 3.19. The number of sulfonamides is 1. The summed E-state index contributed by atoms with van der Waals surface area (Å²) in [6.07, 6.45) is 5.27. The van der Waals surface area contributed by atoms with E-state index in [1.165, 1.54) is 42.5 Å². The average molecular weight is 527 g/mol. The molecule has 0 saturated carbocycles. The van der Waals surface area contributed by atoms with Crippen LogP contribution in [0.1, 0.15) is 49.9 Å². The van der Waals surface area contributed by atoms with E-state index in [-0.39, 0.29) is 16.8 Å².